The molecule has 2 aromatic rings. The first kappa shape index (κ1) is 10.9. The molecule has 1 atom stereocenters. The standard InChI is InChI=1S/C12H13NO3/c1-15-12-6-4-9-7-11(13(14)16-2)5-3-10(9)8-12/h3-8,13H,1-2H3. The van der Waals surface area contributed by atoms with E-state index in [-0.39, 0.29) is 5.23 Å². The highest BCUT2D eigenvalue weighted by molar-refractivity contribution is 5.85. The van der Waals surface area contributed by atoms with Gasteiger partial charge in [-0.3, -0.25) is 0 Å². The second-order valence-electron chi connectivity index (χ2n) is 3.42. The van der Waals surface area contributed by atoms with Gasteiger partial charge in [-0.1, -0.05) is 6.07 Å². The molecule has 0 heterocycles. The Labute approximate surface area is 93.5 Å². The van der Waals surface area contributed by atoms with Crippen LogP contribution in [0.3, 0.4) is 0 Å². The van der Waals surface area contributed by atoms with Crippen LogP contribution in [0.2, 0.25) is 0 Å². The zero-order chi connectivity index (χ0) is 11.5. The molecule has 0 saturated carbocycles. The molecule has 0 spiro atoms. The second-order valence-corrected chi connectivity index (χ2v) is 3.42. The highest BCUT2D eigenvalue weighted by Gasteiger charge is 2.04. The first-order valence-corrected chi connectivity index (χ1v) is 4.90. The monoisotopic (exact) mass is 219 g/mol. The van der Waals surface area contributed by atoms with Crippen molar-refractivity contribution in [3.05, 3.63) is 41.6 Å². The Balaban J connectivity index is 2.47. The highest BCUT2D eigenvalue weighted by atomic mass is 16.9. The zero-order valence-corrected chi connectivity index (χ0v) is 9.19. The minimum atomic E-state index is -0.322. The van der Waals surface area contributed by atoms with Crippen molar-refractivity contribution in [3.8, 4) is 5.75 Å². The summed E-state index contributed by atoms with van der Waals surface area (Å²) in [6.45, 7) is 0. The molecular weight excluding hydrogens is 206 g/mol. The van der Waals surface area contributed by atoms with Crippen LogP contribution in [0, 0.1) is 5.21 Å². The number of ether oxygens (including phenoxy) is 1. The molecule has 2 aromatic carbocycles. The Hall–Kier alpha value is -1.62. The van der Waals surface area contributed by atoms with Crippen molar-refractivity contribution in [3.63, 3.8) is 0 Å². The van der Waals surface area contributed by atoms with E-state index in [0.29, 0.717) is 5.69 Å². The van der Waals surface area contributed by atoms with Gasteiger partial charge < -0.3 is 9.94 Å². The molecule has 84 valence electrons. The van der Waals surface area contributed by atoms with Crippen LogP contribution in [0.25, 0.3) is 10.8 Å². The van der Waals surface area contributed by atoms with Crippen LogP contribution in [0.15, 0.2) is 36.4 Å². The van der Waals surface area contributed by atoms with E-state index in [1.807, 2.05) is 24.3 Å². The summed E-state index contributed by atoms with van der Waals surface area (Å²) in [5.41, 5.74) is 0.556. The molecule has 0 bridgehead atoms. The Bertz CT molecular complexity index is 499. The smallest absolute Gasteiger partial charge is 0.164 e. The van der Waals surface area contributed by atoms with Crippen molar-refractivity contribution < 1.29 is 14.8 Å². The van der Waals surface area contributed by atoms with Crippen molar-refractivity contribution in [2.45, 2.75) is 0 Å². The van der Waals surface area contributed by atoms with Crippen LogP contribution in [0.5, 0.6) is 5.75 Å². The van der Waals surface area contributed by atoms with Crippen LogP contribution in [0.1, 0.15) is 0 Å². The number of quaternary nitrogens is 1. The van der Waals surface area contributed by atoms with E-state index < -0.39 is 0 Å². The highest BCUT2D eigenvalue weighted by Crippen LogP contribution is 2.22. The summed E-state index contributed by atoms with van der Waals surface area (Å²) >= 11 is 0. The molecule has 4 heteroatoms. The fourth-order valence-corrected chi connectivity index (χ4v) is 1.60. The molecule has 0 radical (unpaired) electrons. The maximum absolute atomic E-state index is 11.3. The van der Waals surface area contributed by atoms with Crippen molar-refractivity contribution >= 4 is 16.5 Å². The van der Waals surface area contributed by atoms with E-state index in [0.717, 1.165) is 16.5 Å². The van der Waals surface area contributed by atoms with E-state index in [1.54, 1.807) is 19.2 Å². The number of methoxy groups -OCH3 is 1. The summed E-state index contributed by atoms with van der Waals surface area (Å²) in [7, 11) is 3.00. The van der Waals surface area contributed by atoms with Gasteiger partial charge in [-0.2, -0.15) is 5.23 Å². The minimum Gasteiger partial charge on any atom is -0.595 e. The quantitative estimate of drug-likeness (QED) is 0.794. The van der Waals surface area contributed by atoms with Crippen molar-refractivity contribution in [2.75, 3.05) is 14.2 Å². The normalized spacial score (nSPS) is 12.7. The molecule has 1 unspecified atom stereocenters. The second kappa shape index (κ2) is 4.49. The third kappa shape index (κ3) is 1.99. The summed E-state index contributed by atoms with van der Waals surface area (Å²) in [6.07, 6.45) is 0. The van der Waals surface area contributed by atoms with Crippen molar-refractivity contribution in [1.29, 1.82) is 0 Å². The molecule has 0 fully saturated rings. The topological polar surface area (TPSA) is 46.0 Å². The van der Waals surface area contributed by atoms with Gasteiger partial charge in [0, 0.05) is 12.1 Å². The molecule has 0 aliphatic heterocycles. The molecular formula is C12H13NO3. The predicted octanol–water partition coefficient (Wildman–Crippen LogP) is 1.42. The van der Waals surface area contributed by atoms with E-state index in [4.69, 9.17) is 4.74 Å². The van der Waals surface area contributed by atoms with E-state index in [1.165, 1.54) is 7.11 Å². The fourth-order valence-electron chi connectivity index (χ4n) is 1.60. The lowest BCUT2D eigenvalue weighted by Gasteiger charge is -2.16. The predicted molar refractivity (Wildman–Crippen MR) is 61.5 cm³/mol. The Morgan fingerprint density at radius 3 is 2.38 bits per heavy atom. The number of benzene rings is 2. The van der Waals surface area contributed by atoms with Gasteiger partial charge in [-0.05, 0) is 29.0 Å². The molecule has 0 saturated heterocycles. The lowest BCUT2D eigenvalue weighted by molar-refractivity contribution is -0.992. The number of nitrogens with one attached hydrogen (secondary N) is 1. The van der Waals surface area contributed by atoms with Gasteiger partial charge in [0.05, 0.1) is 14.2 Å². The molecule has 4 nitrogen and oxygen atoms in total. The molecule has 0 aromatic heterocycles. The average molecular weight is 219 g/mol. The first-order chi connectivity index (χ1) is 7.74. The van der Waals surface area contributed by atoms with Gasteiger partial charge in [-0.25, -0.2) is 4.84 Å². The van der Waals surface area contributed by atoms with Crippen molar-refractivity contribution in [1.82, 2.24) is 0 Å². The van der Waals surface area contributed by atoms with Crippen LogP contribution in [-0.4, -0.2) is 14.2 Å². The van der Waals surface area contributed by atoms with Crippen LogP contribution >= 0.6 is 0 Å². The third-order valence-electron chi connectivity index (χ3n) is 2.47. The average Bonchev–Trinajstić information content (AvgIpc) is 2.36. The lowest BCUT2D eigenvalue weighted by atomic mass is 10.1. The molecule has 0 amide bonds. The first-order valence-electron chi connectivity index (χ1n) is 4.90. The third-order valence-corrected chi connectivity index (χ3v) is 2.47. The van der Waals surface area contributed by atoms with Gasteiger partial charge >= 0.3 is 0 Å². The maximum Gasteiger partial charge on any atom is 0.164 e. The minimum absolute atomic E-state index is 0.322. The van der Waals surface area contributed by atoms with Crippen LogP contribution in [-0.2, 0) is 4.84 Å². The summed E-state index contributed by atoms with van der Waals surface area (Å²) in [5.74, 6) is 0.804. The molecule has 0 aliphatic rings. The Morgan fingerprint density at radius 1 is 1.00 bits per heavy atom. The molecule has 0 aliphatic carbocycles. The maximum atomic E-state index is 11.3. The molecule has 1 N–H and O–H groups in total. The lowest BCUT2D eigenvalue weighted by Crippen LogP contribution is -3.00. The zero-order valence-electron chi connectivity index (χ0n) is 9.19. The van der Waals surface area contributed by atoms with Gasteiger partial charge in [0.2, 0.25) is 0 Å². The van der Waals surface area contributed by atoms with Gasteiger partial charge in [0.25, 0.3) is 0 Å². The Kier molecular flexibility index (Phi) is 3.05. The van der Waals surface area contributed by atoms with Crippen molar-refractivity contribution in [2.24, 2.45) is 0 Å². The Morgan fingerprint density at radius 2 is 1.69 bits per heavy atom. The van der Waals surface area contributed by atoms with Gasteiger partial charge in [0.1, 0.15) is 5.75 Å². The van der Waals surface area contributed by atoms with Crippen LogP contribution in [0.4, 0.5) is 5.69 Å². The number of rotatable bonds is 3. The summed E-state index contributed by atoms with van der Waals surface area (Å²) < 4.78 is 5.13. The number of hydrogen-bond donors (Lipinski definition) is 1. The van der Waals surface area contributed by atoms with E-state index >= 15 is 0 Å². The van der Waals surface area contributed by atoms with E-state index in [2.05, 4.69) is 4.84 Å². The number of hydrogen-bond acceptors (Lipinski definition) is 3. The van der Waals surface area contributed by atoms with Crippen LogP contribution < -0.4 is 9.96 Å². The van der Waals surface area contributed by atoms with E-state index in [9.17, 15) is 5.21 Å². The number of fused-ring (bicyclic) bond motifs is 1. The largest absolute Gasteiger partial charge is 0.595 e. The summed E-state index contributed by atoms with van der Waals surface area (Å²) in [6, 6.07) is 11.1. The molecule has 2 rings (SSSR count). The fraction of sp³-hybridized carbons (Fsp3) is 0.167. The molecule has 16 heavy (non-hydrogen) atoms. The SMILES string of the molecule is COc1ccc2cc([NH+]([O-])OC)ccc2c1. The summed E-state index contributed by atoms with van der Waals surface area (Å²) in [5, 5.41) is 13.0. The van der Waals surface area contributed by atoms with Gasteiger partial charge in [-0.15, -0.1) is 0 Å². The summed E-state index contributed by atoms with van der Waals surface area (Å²) in [4.78, 5) is 4.67. The van der Waals surface area contributed by atoms with Gasteiger partial charge in [0.15, 0.2) is 5.69 Å².